The third-order valence-corrected chi connectivity index (χ3v) is 3.43. The van der Waals surface area contributed by atoms with Crippen molar-refractivity contribution in [3.63, 3.8) is 0 Å². The van der Waals surface area contributed by atoms with Crippen LogP contribution in [0.1, 0.15) is 11.1 Å². The monoisotopic (exact) mass is 249 g/mol. The van der Waals surface area contributed by atoms with Crippen LogP contribution in [0.3, 0.4) is 0 Å². The molecule has 0 amide bonds. The fourth-order valence-electron chi connectivity index (χ4n) is 1.72. The normalized spacial score (nSPS) is 10.6. The molecule has 1 nitrogen and oxygen atoms in total. The van der Waals surface area contributed by atoms with E-state index in [0.717, 1.165) is 31.5 Å². The lowest BCUT2D eigenvalue weighted by molar-refractivity contribution is 0.598. The van der Waals surface area contributed by atoms with Crippen molar-refractivity contribution in [2.45, 2.75) is 12.8 Å². The van der Waals surface area contributed by atoms with Gasteiger partial charge in [-0.25, -0.2) is 4.39 Å². The highest BCUT2D eigenvalue weighted by molar-refractivity contribution is 7.07. The maximum Gasteiger partial charge on any atom is 0.126 e. The predicted molar refractivity (Wildman–Crippen MR) is 71.0 cm³/mol. The summed E-state index contributed by atoms with van der Waals surface area (Å²) in [4.78, 5) is 0. The predicted octanol–water partition coefficient (Wildman–Crippen LogP) is 3.26. The summed E-state index contributed by atoms with van der Waals surface area (Å²) < 4.78 is 13.3. The Balaban J connectivity index is 1.65. The van der Waals surface area contributed by atoms with Crippen molar-refractivity contribution in [2.24, 2.45) is 0 Å². The van der Waals surface area contributed by atoms with Gasteiger partial charge in [0.05, 0.1) is 0 Å². The van der Waals surface area contributed by atoms with E-state index in [4.69, 9.17) is 0 Å². The van der Waals surface area contributed by atoms with Gasteiger partial charge in [-0.1, -0.05) is 18.2 Å². The molecule has 17 heavy (non-hydrogen) atoms. The zero-order valence-electron chi connectivity index (χ0n) is 9.66. The Hall–Kier alpha value is -1.19. The van der Waals surface area contributed by atoms with Gasteiger partial charge in [0, 0.05) is 0 Å². The number of halogens is 1. The molecule has 0 atom stereocenters. The van der Waals surface area contributed by atoms with Gasteiger partial charge in [-0.2, -0.15) is 11.3 Å². The molecule has 0 fully saturated rings. The van der Waals surface area contributed by atoms with Crippen LogP contribution in [0.25, 0.3) is 0 Å². The number of hydrogen-bond acceptors (Lipinski definition) is 2. The lowest BCUT2D eigenvalue weighted by atomic mass is 10.1. The van der Waals surface area contributed by atoms with Crippen LogP contribution in [0, 0.1) is 5.82 Å². The maximum absolute atomic E-state index is 13.3. The summed E-state index contributed by atoms with van der Waals surface area (Å²) >= 11 is 1.72. The van der Waals surface area contributed by atoms with E-state index in [1.807, 2.05) is 12.1 Å². The summed E-state index contributed by atoms with van der Waals surface area (Å²) in [6, 6.07) is 9.10. The third kappa shape index (κ3) is 3.95. The van der Waals surface area contributed by atoms with E-state index in [0.29, 0.717) is 0 Å². The molecule has 1 aromatic carbocycles. The largest absolute Gasteiger partial charge is 0.316 e. The zero-order valence-corrected chi connectivity index (χ0v) is 10.5. The van der Waals surface area contributed by atoms with Crippen LogP contribution >= 0.6 is 11.3 Å². The molecule has 3 heteroatoms. The van der Waals surface area contributed by atoms with E-state index in [9.17, 15) is 4.39 Å². The highest BCUT2D eigenvalue weighted by Gasteiger charge is 1.99. The first-order valence-electron chi connectivity index (χ1n) is 5.81. The molecule has 0 bridgehead atoms. The van der Waals surface area contributed by atoms with Crippen LogP contribution in [0.15, 0.2) is 41.1 Å². The zero-order chi connectivity index (χ0) is 11.9. The van der Waals surface area contributed by atoms with Crippen LogP contribution in [0.5, 0.6) is 0 Å². The average Bonchev–Trinajstić information content (AvgIpc) is 2.84. The molecule has 0 saturated carbocycles. The maximum atomic E-state index is 13.3. The van der Waals surface area contributed by atoms with Gasteiger partial charge in [0.1, 0.15) is 5.82 Å². The van der Waals surface area contributed by atoms with Crippen LogP contribution in [0.4, 0.5) is 4.39 Å². The Morgan fingerprint density at radius 2 is 1.88 bits per heavy atom. The topological polar surface area (TPSA) is 12.0 Å². The SMILES string of the molecule is Fc1ccccc1CCNCCc1ccsc1. The minimum atomic E-state index is -0.105. The van der Waals surface area contributed by atoms with E-state index in [2.05, 4.69) is 22.1 Å². The fraction of sp³-hybridized carbons (Fsp3) is 0.286. The second kappa shape index (κ2) is 6.52. The summed E-state index contributed by atoms with van der Waals surface area (Å²) in [5.74, 6) is -0.105. The summed E-state index contributed by atoms with van der Waals surface area (Å²) in [5, 5.41) is 7.59. The molecule has 0 aliphatic heterocycles. The molecule has 1 N–H and O–H groups in total. The van der Waals surface area contributed by atoms with Crippen molar-refractivity contribution in [2.75, 3.05) is 13.1 Å². The smallest absolute Gasteiger partial charge is 0.126 e. The van der Waals surface area contributed by atoms with Crippen molar-refractivity contribution >= 4 is 11.3 Å². The standard InChI is InChI=1S/C14H16FNS/c15-14-4-2-1-3-13(14)6-9-16-8-5-12-7-10-17-11-12/h1-4,7,10-11,16H,5-6,8-9H2. The number of hydrogen-bond donors (Lipinski definition) is 1. The molecule has 0 spiro atoms. The molecule has 0 saturated heterocycles. The van der Waals surface area contributed by atoms with E-state index in [-0.39, 0.29) is 5.82 Å². The van der Waals surface area contributed by atoms with Crippen LogP contribution in [0.2, 0.25) is 0 Å². The van der Waals surface area contributed by atoms with Crippen molar-refractivity contribution in [1.29, 1.82) is 0 Å². The molecular weight excluding hydrogens is 233 g/mol. The Morgan fingerprint density at radius 3 is 2.65 bits per heavy atom. The molecule has 0 aliphatic carbocycles. The van der Waals surface area contributed by atoms with Gasteiger partial charge in [0.2, 0.25) is 0 Å². The Labute approximate surface area is 105 Å². The van der Waals surface area contributed by atoms with Gasteiger partial charge >= 0.3 is 0 Å². The van der Waals surface area contributed by atoms with Gasteiger partial charge in [-0.3, -0.25) is 0 Å². The summed E-state index contributed by atoms with van der Waals surface area (Å²) in [6.45, 7) is 1.77. The molecule has 1 aromatic heterocycles. The Kier molecular flexibility index (Phi) is 4.71. The molecule has 0 unspecified atom stereocenters. The van der Waals surface area contributed by atoms with Gasteiger partial charge in [0.15, 0.2) is 0 Å². The van der Waals surface area contributed by atoms with Crippen molar-refractivity contribution in [1.82, 2.24) is 5.32 Å². The number of nitrogens with one attached hydrogen (secondary N) is 1. The van der Waals surface area contributed by atoms with E-state index >= 15 is 0 Å². The molecule has 2 aromatic rings. The van der Waals surface area contributed by atoms with Gasteiger partial charge < -0.3 is 5.32 Å². The number of thiophene rings is 1. The van der Waals surface area contributed by atoms with Gasteiger partial charge in [-0.05, 0) is 60.0 Å². The van der Waals surface area contributed by atoms with E-state index in [1.54, 1.807) is 17.4 Å². The first-order valence-corrected chi connectivity index (χ1v) is 6.76. The lowest BCUT2D eigenvalue weighted by Crippen LogP contribution is -2.20. The summed E-state index contributed by atoms with van der Waals surface area (Å²) in [6.07, 6.45) is 1.79. The highest BCUT2D eigenvalue weighted by atomic mass is 32.1. The molecule has 1 heterocycles. The summed E-state index contributed by atoms with van der Waals surface area (Å²) in [7, 11) is 0. The molecular formula is C14H16FNS. The van der Waals surface area contributed by atoms with Crippen molar-refractivity contribution in [3.05, 3.63) is 58.0 Å². The lowest BCUT2D eigenvalue weighted by Gasteiger charge is -2.05. The van der Waals surface area contributed by atoms with Crippen molar-refractivity contribution in [3.8, 4) is 0 Å². The first-order chi connectivity index (χ1) is 8.36. The molecule has 90 valence electrons. The van der Waals surface area contributed by atoms with Gasteiger partial charge in [0.25, 0.3) is 0 Å². The minimum Gasteiger partial charge on any atom is -0.316 e. The third-order valence-electron chi connectivity index (χ3n) is 2.70. The van der Waals surface area contributed by atoms with Crippen molar-refractivity contribution < 1.29 is 4.39 Å². The second-order valence-electron chi connectivity index (χ2n) is 3.97. The highest BCUT2D eigenvalue weighted by Crippen LogP contribution is 2.07. The van der Waals surface area contributed by atoms with E-state index < -0.39 is 0 Å². The van der Waals surface area contributed by atoms with Crippen LogP contribution in [-0.2, 0) is 12.8 Å². The first kappa shape index (κ1) is 12.3. The average molecular weight is 249 g/mol. The van der Waals surface area contributed by atoms with Gasteiger partial charge in [-0.15, -0.1) is 0 Å². The van der Waals surface area contributed by atoms with E-state index in [1.165, 1.54) is 11.6 Å². The molecule has 2 rings (SSSR count). The number of rotatable bonds is 6. The quantitative estimate of drug-likeness (QED) is 0.775. The Bertz CT molecular complexity index is 439. The fourth-order valence-corrected chi connectivity index (χ4v) is 2.42. The Morgan fingerprint density at radius 1 is 1.06 bits per heavy atom. The minimum absolute atomic E-state index is 0.105. The number of benzene rings is 1. The summed E-state index contributed by atoms with van der Waals surface area (Å²) in [5.41, 5.74) is 2.16. The molecule has 0 radical (unpaired) electrons. The van der Waals surface area contributed by atoms with Crippen LogP contribution in [-0.4, -0.2) is 13.1 Å². The second-order valence-corrected chi connectivity index (χ2v) is 4.75. The molecule has 0 aliphatic rings. The van der Waals surface area contributed by atoms with Crippen LogP contribution < -0.4 is 5.32 Å².